The van der Waals surface area contributed by atoms with E-state index >= 15 is 0 Å². The monoisotopic (exact) mass is 247 g/mol. The topological polar surface area (TPSA) is 12.0 Å². The molecule has 0 spiro atoms. The molecule has 2 unspecified atom stereocenters. The van der Waals surface area contributed by atoms with E-state index in [2.05, 4.69) is 57.3 Å². The van der Waals surface area contributed by atoms with Crippen molar-refractivity contribution in [1.29, 1.82) is 0 Å². The van der Waals surface area contributed by atoms with Crippen LogP contribution in [0.1, 0.15) is 58.1 Å². The molecule has 0 saturated carbocycles. The zero-order valence-electron chi connectivity index (χ0n) is 12.5. The third-order valence-electron chi connectivity index (χ3n) is 3.96. The highest BCUT2D eigenvalue weighted by Crippen LogP contribution is 2.14. The summed E-state index contributed by atoms with van der Waals surface area (Å²) in [6, 6.07) is 9.43. The molecule has 0 aliphatic heterocycles. The summed E-state index contributed by atoms with van der Waals surface area (Å²) in [6.45, 7) is 10.2. The molecule has 1 nitrogen and oxygen atoms in total. The third-order valence-corrected chi connectivity index (χ3v) is 3.96. The van der Waals surface area contributed by atoms with E-state index in [9.17, 15) is 0 Å². The Morgan fingerprint density at radius 1 is 1.00 bits per heavy atom. The van der Waals surface area contributed by atoms with Crippen LogP contribution in [0.5, 0.6) is 0 Å². The van der Waals surface area contributed by atoms with Crippen molar-refractivity contribution in [3.05, 3.63) is 35.4 Å². The summed E-state index contributed by atoms with van der Waals surface area (Å²) in [5.74, 6) is 0.823. The summed E-state index contributed by atoms with van der Waals surface area (Å²) in [4.78, 5) is 0. The van der Waals surface area contributed by atoms with Gasteiger partial charge in [0.05, 0.1) is 0 Å². The van der Waals surface area contributed by atoms with Gasteiger partial charge in [0.2, 0.25) is 0 Å². The van der Waals surface area contributed by atoms with Crippen LogP contribution in [0.3, 0.4) is 0 Å². The highest BCUT2D eigenvalue weighted by molar-refractivity contribution is 5.26. The molecule has 0 aromatic heterocycles. The van der Waals surface area contributed by atoms with Crippen molar-refractivity contribution in [2.45, 2.75) is 66.0 Å². The van der Waals surface area contributed by atoms with Gasteiger partial charge in [0.25, 0.3) is 0 Å². The second kappa shape index (κ2) is 8.31. The predicted octanol–water partition coefficient (Wildman–Crippen LogP) is 4.55. The molecule has 1 heteroatoms. The van der Waals surface area contributed by atoms with E-state index < -0.39 is 0 Å². The van der Waals surface area contributed by atoms with Crippen molar-refractivity contribution in [1.82, 2.24) is 5.32 Å². The van der Waals surface area contributed by atoms with Gasteiger partial charge < -0.3 is 5.32 Å². The number of hydrogen-bond donors (Lipinski definition) is 1. The number of benzene rings is 1. The molecule has 0 bridgehead atoms. The molecule has 0 fully saturated rings. The highest BCUT2D eigenvalue weighted by Gasteiger charge is 2.10. The first-order valence-electron chi connectivity index (χ1n) is 7.51. The second-order valence-electron chi connectivity index (χ2n) is 5.36. The van der Waals surface area contributed by atoms with E-state index in [0.717, 1.165) is 18.9 Å². The van der Waals surface area contributed by atoms with Crippen LogP contribution >= 0.6 is 0 Å². The minimum absolute atomic E-state index is 0.657. The first kappa shape index (κ1) is 15.2. The van der Waals surface area contributed by atoms with E-state index in [1.807, 2.05) is 0 Å². The van der Waals surface area contributed by atoms with Gasteiger partial charge in [-0.2, -0.15) is 0 Å². The van der Waals surface area contributed by atoms with E-state index in [1.54, 1.807) is 0 Å². The molecule has 1 N–H and O–H groups in total. The van der Waals surface area contributed by atoms with Gasteiger partial charge >= 0.3 is 0 Å². The van der Waals surface area contributed by atoms with Crippen LogP contribution < -0.4 is 5.32 Å². The number of rotatable bonds is 8. The lowest BCUT2D eigenvalue weighted by Gasteiger charge is -2.21. The number of aryl methyl sites for hydroxylation is 1. The molecule has 0 heterocycles. The van der Waals surface area contributed by atoms with Crippen molar-refractivity contribution < 1.29 is 0 Å². The quantitative estimate of drug-likeness (QED) is 0.710. The van der Waals surface area contributed by atoms with Gasteiger partial charge in [0.1, 0.15) is 0 Å². The number of hydrogen-bond acceptors (Lipinski definition) is 1. The summed E-state index contributed by atoms with van der Waals surface area (Å²) >= 11 is 0. The Morgan fingerprint density at radius 3 is 2.22 bits per heavy atom. The fraction of sp³-hybridized carbons (Fsp3) is 0.647. The molecule has 18 heavy (non-hydrogen) atoms. The maximum Gasteiger partial charge on any atom is 0.0210 e. The average Bonchev–Trinajstić information content (AvgIpc) is 2.43. The number of nitrogens with one attached hydrogen (secondary N) is 1. The van der Waals surface area contributed by atoms with Crippen molar-refractivity contribution >= 4 is 0 Å². The van der Waals surface area contributed by atoms with Gasteiger partial charge in [0.15, 0.2) is 0 Å². The van der Waals surface area contributed by atoms with Gasteiger partial charge in [0, 0.05) is 12.6 Å². The van der Waals surface area contributed by atoms with E-state index in [4.69, 9.17) is 0 Å². The molecule has 0 amide bonds. The van der Waals surface area contributed by atoms with E-state index in [0.29, 0.717) is 6.04 Å². The summed E-state index contributed by atoms with van der Waals surface area (Å²) in [5, 5.41) is 3.73. The molecule has 0 aliphatic rings. The molecule has 0 radical (unpaired) electrons. The van der Waals surface area contributed by atoms with Crippen molar-refractivity contribution in [2.24, 2.45) is 5.92 Å². The Balaban J connectivity index is 2.51. The van der Waals surface area contributed by atoms with E-state index in [-0.39, 0.29) is 0 Å². The van der Waals surface area contributed by atoms with Crippen molar-refractivity contribution in [3.8, 4) is 0 Å². The van der Waals surface area contributed by atoms with Crippen LogP contribution in [0, 0.1) is 5.92 Å². The van der Waals surface area contributed by atoms with Crippen molar-refractivity contribution in [2.75, 3.05) is 0 Å². The smallest absolute Gasteiger partial charge is 0.0210 e. The molecular weight excluding hydrogens is 218 g/mol. The molecule has 1 aromatic rings. The van der Waals surface area contributed by atoms with Gasteiger partial charge in [-0.1, -0.05) is 58.4 Å². The van der Waals surface area contributed by atoms with Crippen LogP contribution in [0.25, 0.3) is 0 Å². The predicted molar refractivity (Wildman–Crippen MR) is 80.8 cm³/mol. The minimum Gasteiger partial charge on any atom is -0.310 e. The molecule has 1 aromatic carbocycles. The SMILES string of the molecule is CCc1ccccc1CNC(CC)CC(C)CC. The molecule has 102 valence electrons. The Kier molecular flexibility index (Phi) is 7.04. The van der Waals surface area contributed by atoms with Crippen LogP contribution in [0.15, 0.2) is 24.3 Å². The van der Waals surface area contributed by atoms with Crippen LogP contribution in [0.4, 0.5) is 0 Å². The van der Waals surface area contributed by atoms with Gasteiger partial charge in [-0.05, 0) is 36.3 Å². The standard InChI is InChI=1S/C17H29N/c1-5-14(4)12-17(7-3)18-13-16-11-9-8-10-15(16)6-2/h8-11,14,17-18H,5-7,12-13H2,1-4H3. The Morgan fingerprint density at radius 2 is 1.67 bits per heavy atom. The lowest BCUT2D eigenvalue weighted by atomic mass is 9.97. The van der Waals surface area contributed by atoms with E-state index in [1.165, 1.54) is 30.4 Å². The Bertz CT molecular complexity index is 332. The summed E-state index contributed by atoms with van der Waals surface area (Å²) in [7, 11) is 0. The molecular formula is C17H29N. The van der Waals surface area contributed by atoms with Crippen LogP contribution in [-0.2, 0) is 13.0 Å². The van der Waals surface area contributed by atoms with Gasteiger partial charge in [-0.25, -0.2) is 0 Å². The normalized spacial score (nSPS) is 14.4. The first-order valence-corrected chi connectivity index (χ1v) is 7.51. The van der Waals surface area contributed by atoms with Gasteiger partial charge in [-0.15, -0.1) is 0 Å². The summed E-state index contributed by atoms with van der Waals surface area (Å²) < 4.78 is 0. The summed E-state index contributed by atoms with van der Waals surface area (Å²) in [5.41, 5.74) is 2.94. The average molecular weight is 247 g/mol. The lowest BCUT2D eigenvalue weighted by molar-refractivity contribution is 0.383. The largest absolute Gasteiger partial charge is 0.310 e. The highest BCUT2D eigenvalue weighted by atomic mass is 14.9. The minimum atomic E-state index is 0.657. The Labute approximate surface area is 113 Å². The molecule has 0 saturated heterocycles. The molecule has 2 atom stereocenters. The van der Waals surface area contributed by atoms with Crippen LogP contribution in [0.2, 0.25) is 0 Å². The molecule has 0 aliphatic carbocycles. The lowest BCUT2D eigenvalue weighted by Crippen LogP contribution is -2.30. The maximum absolute atomic E-state index is 3.73. The Hall–Kier alpha value is -0.820. The van der Waals surface area contributed by atoms with Crippen molar-refractivity contribution in [3.63, 3.8) is 0 Å². The van der Waals surface area contributed by atoms with Gasteiger partial charge in [-0.3, -0.25) is 0 Å². The zero-order valence-corrected chi connectivity index (χ0v) is 12.5. The fourth-order valence-electron chi connectivity index (χ4n) is 2.38. The fourth-order valence-corrected chi connectivity index (χ4v) is 2.38. The molecule has 1 rings (SSSR count). The third kappa shape index (κ3) is 4.81. The zero-order chi connectivity index (χ0) is 13.4. The first-order chi connectivity index (χ1) is 8.71. The van der Waals surface area contributed by atoms with Crippen LogP contribution in [-0.4, -0.2) is 6.04 Å². The summed E-state index contributed by atoms with van der Waals surface area (Å²) in [6.07, 6.45) is 4.92. The second-order valence-corrected chi connectivity index (χ2v) is 5.36. The maximum atomic E-state index is 3.73.